The zero-order valence-electron chi connectivity index (χ0n) is 11.3. The minimum atomic E-state index is -1.33. The van der Waals surface area contributed by atoms with Crippen LogP contribution in [0.2, 0.25) is 0 Å². The molecule has 7 heteroatoms. The Morgan fingerprint density at radius 1 is 1.40 bits per heavy atom. The predicted molar refractivity (Wildman–Crippen MR) is 71.8 cm³/mol. The Morgan fingerprint density at radius 3 is 2.60 bits per heavy atom. The molecule has 2 atom stereocenters. The Morgan fingerprint density at radius 2 is 2.05 bits per heavy atom. The topological polar surface area (TPSA) is 122 Å². The predicted octanol–water partition coefficient (Wildman–Crippen LogP) is -0.414. The Hall–Kier alpha value is -2.12. The number of esters is 1. The van der Waals surface area contributed by atoms with Crippen LogP contribution in [0.5, 0.6) is 0 Å². The van der Waals surface area contributed by atoms with E-state index in [2.05, 4.69) is 10.1 Å². The number of nitrogens with one attached hydrogen (secondary N) is 1. The summed E-state index contributed by atoms with van der Waals surface area (Å²) >= 11 is 0. The smallest absolute Gasteiger partial charge is 0.337 e. The van der Waals surface area contributed by atoms with Gasteiger partial charge in [0.15, 0.2) is 0 Å². The van der Waals surface area contributed by atoms with Gasteiger partial charge in [-0.15, -0.1) is 0 Å². The van der Waals surface area contributed by atoms with Crippen molar-refractivity contribution in [3.8, 4) is 0 Å². The molecule has 0 heterocycles. The summed E-state index contributed by atoms with van der Waals surface area (Å²) in [5.74, 6) is -0.901. The second-order valence-corrected chi connectivity index (χ2v) is 4.28. The molecule has 0 aliphatic carbocycles. The molecule has 5 N–H and O–H groups in total. The number of rotatable bonds is 5. The fourth-order valence-electron chi connectivity index (χ4n) is 1.64. The number of nitrogens with two attached hydrogens (primary N) is 1. The van der Waals surface area contributed by atoms with E-state index in [1.165, 1.54) is 32.2 Å². The number of benzene rings is 1. The van der Waals surface area contributed by atoms with E-state index in [0.717, 1.165) is 0 Å². The van der Waals surface area contributed by atoms with Crippen molar-refractivity contribution in [2.24, 2.45) is 0 Å². The fraction of sp³-hybridized carbons (Fsp3) is 0.385. The van der Waals surface area contributed by atoms with Crippen LogP contribution in [0.1, 0.15) is 28.9 Å². The van der Waals surface area contributed by atoms with Gasteiger partial charge in [-0.25, -0.2) is 4.79 Å². The number of amides is 1. The molecule has 1 aromatic carbocycles. The van der Waals surface area contributed by atoms with Gasteiger partial charge in [-0.2, -0.15) is 0 Å². The quantitative estimate of drug-likeness (QED) is 0.430. The number of hydrogen-bond donors (Lipinski definition) is 4. The van der Waals surface area contributed by atoms with Crippen LogP contribution in [0.25, 0.3) is 0 Å². The molecule has 0 saturated heterocycles. The average molecular weight is 282 g/mol. The molecule has 0 bridgehead atoms. The molecule has 0 fully saturated rings. The van der Waals surface area contributed by atoms with Crippen molar-refractivity contribution < 1.29 is 24.5 Å². The molecular formula is C13H18N2O5. The second kappa shape index (κ2) is 6.88. The van der Waals surface area contributed by atoms with E-state index in [0.29, 0.717) is 0 Å². The van der Waals surface area contributed by atoms with Gasteiger partial charge in [-0.1, -0.05) is 0 Å². The van der Waals surface area contributed by atoms with Crippen molar-refractivity contribution in [2.45, 2.75) is 19.1 Å². The summed E-state index contributed by atoms with van der Waals surface area (Å²) < 4.78 is 4.57. The highest BCUT2D eigenvalue weighted by atomic mass is 16.5. The molecule has 110 valence electrons. The molecule has 20 heavy (non-hydrogen) atoms. The van der Waals surface area contributed by atoms with Crippen LogP contribution in [0.3, 0.4) is 0 Å². The summed E-state index contributed by atoms with van der Waals surface area (Å²) in [7, 11) is 1.24. The van der Waals surface area contributed by atoms with Crippen molar-refractivity contribution in [3.63, 3.8) is 0 Å². The highest BCUT2D eigenvalue weighted by molar-refractivity contribution is 5.90. The third-order valence-corrected chi connectivity index (χ3v) is 2.75. The Balaban J connectivity index is 2.93. The summed E-state index contributed by atoms with van der Waals surface area (Å²) in [6.45, 7) is 1.17. The van der Waals surface area contributed by atoms with E-state index in [4.69, 9.17) is 5.73 Å². The summed E-state index contributed by atoms with van der Waals surface area (Å²) in [5.41, 5.74) is 6.35. The van der Waals surface area contributed by atoms with Crippen LogP contribution in [0.4, 0.5) is 5.69 Å². The van der Waals surface area contributed by atoms with Gasteiger partial charge in [-0.05, 0) is 18.2 Å². The molecule has 7 nitrogen and oxygen atoms in total. The Labute approximate surface area is 116 Å². The molecule has 0 spiro atoms. The molecule has 1 amide bonds. The molecular weight excluding hydrogens is 264 g/mol. The van der Waals surface area contributed by atoms with E-state index >= 15 is 0 Å². The van der Waals surface area contributed by atoms with Gasteiger partial charge in [0.25, 0.3) is 0 Å². The number of aliphatic hydroxyl groups is 2. The maximum Gasteiger partial charge on any atom is 0.337 e. The average Bonchev–Trinajstić information content (AvgIpc) is 2.43. The van der Waals surface area contributed by atoms with Crippen molar-refractivity contribution in [2.75, 3.05) is 19.4 Å². The van der Waals surface area contributed by atoms with Gasteiger partial charge >= 0.3 is 5.97 Å². The van der Waals surface area contributed by atoms with E-state index in [1.54, 1.807) is 0 Å². The van der Waals surface area contributed by atoms with Gasteiger partial charge in [0.2, 0.25) is 5.91 Å². The van der Waals surface area contributed by atoms with E-state index in [9.17, 15) is 19.8 Å². The lowest BCUT2D eigenvalue weighted by Gasteiger charge is -2.20. The number of aliphatic hydroxyl groups excluding tert-OH is 2. The maximum absolute atomic E-state index is 11.4. The minimum Gasteiger partial charge on any atom is -0.465 e. The number of methoxy groups -OCH3 is 1. The second-order valence-electron chi connectivity index (χ2n) is 4.28. The fourth-order valence-corrected chi connectivity index (χ4v) is 1.64. The first-order chi connectivity index (χ1) is 9.36. The lowest BCUT2D eigenvalue weighted by Crippen LogP contribution is -2.34. The standard InChI is InChI=1S/C13H18N2O5/c1-7(16)15-6-11(17)12(18)9-5-8(13(19)20-2)3-4-10(9)14/h3-5,11-12,17-18H,6,14H2,1-2H3,(H,15,16). The first kappa shape index (κ1) is 15.9. The SMILES string of the molecule is COC(=O)c1ccc(N)c(C(O)C(O)CNC(C)=O)c1. The summed E-state index contributed by atoms with van der Waals surface area (Å²) in [5, 5.41) is 22.2. The van der Waals surface area contributed by atoms with E-state index in [1.807, 2.05) is 0 Å². The highest BCUT2D eigenvalue weighted by Crippen LogP contribution is 2.24. The first-order valence-electron chi connectivity index (χ1n) is 5.95. The lowest BCUT2D eigenvalue weighted by molar-refractivity contribution is -0.119. The summed E-state index contributed by atoms with van der Waals surface area (Å²) in [6, 6.07) is 4.25. The number of carbonyl (C=O) groups is 2. The molecule has 2 unspecified atom stereocenters. The molecule has 1 aromatic rings. The number of hydrogen-bond acceptors (Lipinski definition) is 6. The highest BCUT2D eigenvalue weighted by Gasteiger charge is 2.22. The molecule has 0 radical (unpaired) electrons. The van der Waals surface area contributed by atoms with Crippen LogP contribution in [-0.4, -0.2) is 41.8 Å². The summed E-state index contributed by atoms with van der Waals surface area (Å²) in [4.78, 5) is 22.2. The molecule has 1 rings (SSSR count). The van der Waals surface area contributed by atoms with Crippen LogP contribution >= 0.6 is 0 Å². The molecule has 0 saturated carbocycles. The lowest BCUT2D eigenvalue weighted by atomic mass is 10.00. The zero-order valence-corrected chi connectivity index (χ0v) is 11.3. The van der Waals surface area contributed by atoms with Gasteiger partial charge in [0.1, 0.15) is 12.2 Å². The van der Waals surface area contributed by atoms with Gasteiger partial charge in [-0.3, -0.25) is 4.79 Å². The van der Waals surface area contributed by atoms with Crippen LogP contribution in [-0.2, 0) is 9.53 Å². The van der Waals surface area contributed by atoms with Crippen LogP contribution in [0.15, 0.2) is 18.2 Å². The molecule has 0 aliphatic heterocycles. The van der Waals surface area contributed by atoms with Gasteiger partial charge < -0.3 is 26.0 Å². The molecule has 0 aromatic heterocycles. The Bertz CT molecular complexity index is 504. The number of anilines is 1. The largest absolute Gasteiger partial charge is 0.465 e. The van der Waals surface area contributed by atoms with Crippen LogP contribution in [0, 0.1) is 0 Å². The third kappa shape index (κ3) is 3.94. The number of nitrogen functional groups attached to an aromatic ring is 1. The first-order valence-corrected chi connectivity index (χ1v) is 5.95. The van der Waals surface area contributed by atoms with Gasteiger partial charge in [0.05, 0.1) is 12.7 Å². The van der Waals surface area contributed by atoms with Crippen molar-refractivity contribution in [1.29, 1.82) is 0 Å². The van der Waals surface area contributed by atoms with Crippen molar-refractivity contribution in [3.05, 3.63) is 29.3 Å². The number of carbonyl (C=O) groups excluding carboxylic acids is 2. The maximum atomic E-state index is 11.4. The molecule has 0 aliphatic rings. The third-order valence-electron chi connectivity index (χ3n) is 2.75. The zero-order chi connectivity index (χ0) is 15.3. The summed E-state index contributed by atoms with van der Waals surface area (Å²) in [6.07, 6.45) is -2.57. The Kier molecular flexibility index (Phi) is 5.48. The van der Waals surface area contributed by atoms with Gasteiger partial charge in [0, 0.05) is 24.7 Å². The normalized spacial score (nSPS) is 13.4. The minimum absolute atomic E-state index is 0.127. The van der Waals surface area contributed by atoms with Crippen molar-refractivity contribution in [1.82, 2.24) is 5.32 Å². The van der Waals surface area contributed by atoms with Crippen molar-refractivity contribution >= 4 is 17.6 Å². The number of ether oxygens (including phenoxy) is 1. The van der Waals surface area contributed by atoms with E-state index in [-0.39, 0.29) is 29.3 Å². The van der Waals surface area contributed by atoms with Crippen LogP contribution < -0.4 is 11.1 Å². The monoisotopic (exact) mass is 282 g/mol. The van der Waals surface area contributed by atoms with E-state index < -0.39 is 18.2 Å².